The fourth-order valence-corrected chi connectivity index (χ4v) is 1.52. The van der Waals surface area contributed by atoms with E-state index in [0.29, 0.717) is 12.3 Å². The summed E-state index contributed by atoms with van der Waals surface area (Å²) in [5.41, 5.74) is 1.77. The Morgan fingerprint density at radius 3 is 2.75 bits per heavy atom. The first-order chi connectivity index (χ1) is 9.61. The van der Waals surface area contributed by atoms with Crippen LogP contribution in [0.4, 0.5) is 5.69 Å². The van der Waals surface area contributed by atoms with Crippen molar-refractivity contribution >= 4 is 17.6 Å². The molecule has 5 heteroatoms. The van der Waals surface area contributed by atoms with E-state index in [9.17, 15) is 9.59 Å². The van der Waals surface area contributed by atoms with Gasteiger partial charge in [-0.2, -0.15) is 0 Å². The monoisotopic (exact) mass is 279 g/mol. The SMILES string of the molecule is CCCCOC(=O)COCC(=O)Nc1cccc(C)c1. The van der Waals surface area contributed by atoms with Crippen LogP contribution in [0, 0.1) is 6.92 Å². The van der Waals surface area contributed by atoms with Gasteiger partial charge in [0.05, 0.1) is 6.61 Å². The summed E-state index contributed by atoms with van der Waals surface area (Å²) in [4.78, 5) is 22.8. The van der Waals surface area contributed by atoms with Gasteiger partial charge in [-0.1, -0.05) is 25.5 Å². The summed E-state index contributed by atoms with van der Waals surface area (Å²) in [5, 5.41) is 2.69. The van der Waals surface area contributed by atoms with Gasteiger partial charge in [0.15, 0.2) is 0 Å². The second-order valence-electron chi connectivity index (χ2n) is 4.48. The molecule has 0 aromatic heterocycles. The van der Waals surface area contributed by atoms with Crippen molar-refractivity contribution in [3.63, 3.8) is 0 Å². The highest BCUT2D eigenvalue weighted by Gasteiger charge is 2.06. The summed E-state index contributed by atoms with van der Waals surface area (Å²) in [7, 11) is 0. The smallest absolute Gasteiger partial charge is 0.332 e. The van der Waals surface area contributed by atoms with Gasteiger partial charge in [0.25, 0.3) is 0 Å². The number of nitrogens with one attached hydrogen (secondary N) is 1. The molecule has 0 unspecified atom stereocenters. The number of carbonyl (C=O) groups excluding carboxylic acids is 2. The molecule has 1 aromatic carbocycles. The molecule has 0 aliphatic rings. The maximum Gasteiger partial charge on any atom is 0.332 e. The Bertz CT molecular complexity index is 445. The Balaban J connectivity index is 2.18. The first-order valence-corrected chi connectivity index (χ1v) is 6.71. The third kappa shape index (κ3) is 6.89. The van der Waals surface area contributed by atoms with Crippen LogP contribution in [0.3, 0.4) is 0 Å². The number of amides is 1. The standard InChI is InChI=1S/C15H21NO4/c1-3-4-8-20-15(18)11-19-10-14(17)16-13-7-5-6-12(2)9-13/h5-7,9H,3-4,8,10-11H2,1-2H3,(H,16,17). The fourth-order valence-electron chi connectivity index (χ4n) is 1.52. The van der Waals surface area contributed by atoms with Crippen molar-refractivity contribution < 1.29 is 19.1 Å². The van der Waals surface area contributed by atoms with Crippen LogP contribution in [0.25, 0.3) is 0 Å². The molecule has 0 radical (unpaired) electrons. The molecule has 110 valence electrons. The summed E-state index contributed by atoms with van der Waals surface area (Å²) in [6.07, 6.45) is 1.80. The van der Waals surface area contributed by atoms with Gasteiger partial charge in [-0.3, -0.25) is 4.79 Å². The van der Waals surface area contributed by atoms with Crippen LogP contribution in [0.1, 0.15) is 25.3 Å². The number of aryl methyl sites for hydroxylation is 1. The Morgan fingerprint density at radius 1 is 1.25 bits per heavy atom. The predicted molar refractivity (Wildman–Crippen MR) is 76.5 cm³/mol. The van der Waals surface area contributed by atoms with Crippen molar-refractivity contribution in [1.82, 2.24) is 0 Å². The number of carbonyl (C=O) groups is 2. The third-order valence-corrected chi connectivity index (χ3v) is 2.52. The van der Waals surface area contributed by atoms with E-state index in [1.165, 1.54) is 0 Å². The maximum atomic E-state index is 11.6. The maximum absolute atomic E-state index is 11.6. The van der Waals surface area contributed by atoms with Gasteiger partial charge in [-0.15, -0.1) is 0 Å². The Kier molecular flexibility index (Phi) is 7.35. The number of hydrogen-bond donors (Lipinski definition) is 1. The average molecular weight is 279 g/mol. The molecule has 0 atom stereocenters. The van der Waals surface area contributed by atoms with Crippen LogP contribution >= 0.6 is 0 Å². The third-order valence-electron chi connectivity index (χ3n) is 2.52. The molecule has 20 heavy (non-hydrogen) atoms. The van der Waals surface area contributed by atoms with Crippen LogP contribution in [0.5, 0.6) is 0 Å². The molecule has 0 heterocycles. The molecule has 5 nitrogen and oxygen atoms in total. The lowest BCUT2D eigenvalue weighted by atomic mass is 10.2. The lowest BCUT2D eigenvalue weighted by Gasteiger charge is -2.07. The minimum atomic E-state index is -0.443. The van der Waals surface area contributed by atoms with E-state index in [1.54, 1.807) is 6.07 Å². The van der Waals surface area contributed by atoms with Crippen molar-refractivity contribution in [2.24, 2.45) is 0 Å². The summed E-state index contributed by atoms with van der Waals surface area (Å²) in [6.45, 7) is 3.98. The summed E-state index contributed by atoms with van der Waals surface area (Å²) in [6, 6.07) is 7.45. The second-order valence-corrected chi connectivity index (χ2v) is 4.48. The first kappa shape index (κ1) is 16.2. The fraction of sp³-hybridized carbons (Fsp3) is 0.467. The van der Waals surface area contributed by atoms with E-state index < -0.39 is 5.97 Å². The van der Waals surface area contributed by atoms with Crippen molar-refractivity contribution in [3.8, 4) is 0 Å². The van der Waals surface area contributed by atoms with Crippen molar-refractivity contribution in [2.45, 2.75) is 26.7 Å². The van der Waals surface area contributed by atoms with Gasteiger partial charge in [0, 0.05) is 5.69 Å². The molecular weight excluding hydrogens is 258 g/mol. The minimum Gasteiger partial charge on any atom is -0.464 e. The second kappa shape index (κ2) is 9.09. The molecule has 0 saturated heterocycles. The quantitative estimate of drug-likeness (QED) is 0.586. The molecule has 1 rings (SSSR count). The number of hydrogen-bond acceptors (Lipinski definition) is 4. The lowest BCUT2D eigenvalue weighted by molar-refractivity contribution is -0.149. The van der Waals surface area contributed by atoms with Crippen molar-refractivity contribution in [3.05, 3.63) is 29.8 Å². The Labute approximate surface area is 119 Å². The Hall–Kier alpha value is -1.88. The summed E-state index contributed by atoms with van der Waals surface area (Å²) in [5.74, 6) is -0.737. The van der Waals surface area contributed by atoms with Gasteiger partial charge in [-0.25, -0.2) is 4.79 Å². The van der Waals surface area contributed by atoms with E-state index >= 15 is 0 Å². The minimum absolute atomic E-state index is 0.170. The topological polar surface area (TPSA) is 64.6 Å². The van der Waals surface area contributed by atoms with E-state index in [2.05, 4.69) is 5.32 Å². The zero-order chi connectivity index (χ0) is 14.8. The molecule has 1 amide bonds. The normalized spacial score (nSPS) is 10.1. The number of esters is 1. The molecular formula is C15H21NO4. The van der Waals surface area contributed by atoms with Crippen molar-refractivity contribution in [1.29, 1.82) is 0 Å². The molecule has 1 N–H and O–H groups in total. The molecule has 0 fully saturated rings. The molecule has 1 aromatic rings. The van der Waals surface area contributed by atoms with Crippen LogP contribution in [-0.4, -0.2) is 31.7 Å². The number of rotatable bonds is 8. The van der Waals surface area contributed by atoms with E-state index in [0.717, 1.165) is 18.4 Å². The lowest BCUT2D eigenvalue weighted by Crippen LogP contribution is -2.22. The molecule has 0 aliphatic carbocycles. The molecule has 0 saturated carbocycles. The predicted octanol–water partition coefficient (Wildman–Crippen LogP) is 2.29. The van der Waals surface area contributed by atoms with Gasteiger partial charge >= 0.3 is 5.97 Å². The number of benzene rings is 1. The highest BCUT2D eigenvalue weighted by atomic mass is 16.6. The first-order valence-electron chi connectivity index (χ1n) is 6.71. The molecule has 0 spiro atoms. The number of ether oxygens (including phenoxy) is 2. The molecule has 0 aliphatic heterocycles. The van der Waals surface area contributed by atoms with Gasteiger partial charge in [0.1, 0.15) is 13.2 Å². The van der Waals surface area contributed by atoms with Crippen molar-refractivity contribution in [2.75, 3.05) is 25.1 Å². The van der Waals surface area contributed by atoms with Crippen LogP contribution in [0.2, 0.25) is 0 Å². The summed E-state index contributed by atoms with van der Waals surface area (Å²) < 4.78 is 9.91. The largest absolute Gasteiger partial charge is 0.464 e. The van der Waals surface area contributed by atoms with Gasteiger partial charge < -0.3 is 14.8 Å². The number of anilines is 1. The zero-order valence-corrected chi connectivity index (χ0v) is 12.0. The number of unbranched alkanes of at least 4 members (excludes halogenated alkanes) is 1. The van der Waals surface area contributed by atoms with E-state index in [4.69, 9.17) is 9.47 Å². The van der Waals surface area contributed by atoms with Crippen LogP contribution in [-0.2, 0) is 19.1 Å². The van der Waals surface area contributed by atoms with Crippen LogP contribution in [0.15, 0.2) is 24.3 Å². The van der Waals surface area contributed by atoms with Gasteiger partial charge in [0.2, 0.25) is 5.91 Å². The molecule has 0 bridgehead atoms. The highest BCUT2D eigenvalue weighted by molar-refractivity contribution is 5.91. The van der Waals surface area contributed by atoms with Gasteiger partial charge in [-0.05, 0) is 31.0 Å². The highest BCUT2D eigenvalue weighted by Crippen LogP contribution is 2.09. The Morgan fingerprint density at radius 2 is 2.05 bits per heavy atom. The van der Waals surface area contributed by atoms with Crippen LogP contribution < -0.4 is 5.32 Å². The zero-order valence-electron chi connectivity index (χ0n) is 12.0. The van der Waals surface area contributed by atoms with E-state index in [-0.39, 0.29) is 19.1 Å². The van der Waals surface area contributed by atoms with E-state index in [1.807, 2.05) is 32.0 Å². The summed E-state index contributed by atoms with van der Waals surface area (Å²) >= 11 is 0. The average Bonchev–Trinajstić information content (AvgIpc) is 2.39.